The molecule has 5 rings (SSSR count). The van der Waals surface area contributed by atoms with Crippen molar-refractivity contribution in [1.29, 1.82) is 0 Å². The number of benzene rings is 2. The van der Waals surface area contributed by atoms with Crippen LogP contribution in [0.2, 0.25) is 5.02 Å². The first-order valence-corrected chi connectivity index (χ1v) is 14.0. The summed E-state index contributed by atoms with van der Waals surface area (Å²) in [5.41, 5.74) is 3.68. The average Bonchev–Trinajstić information content (AvgIpc) is 3.31. The van der Waals surface area contributed by atoms with Gasteiger partial charge < -0.3 is 18.9 Å². The average molecular weight is 594 g/mol. The van der Waals surface area contributed by atoms with Crippen LogP contribution in [0.1, 0.15) is 19.5 Å². The molecule has 0 bridgehead atoms. The van der Waals surface area contributed by atoms with E-state index >= 15 is 4.39 Å². The minimum absolute atomic E-state index is 0.102. The van der Waals surface area contributed by atoms with Gasteiger partial charge in [-0.2, -0.15) is 0 Å². The van der Waals surface area contributed by atoms with Crippen LogP contribution in [0, 0.1) is 12.7 Å². The van der Waals surface area contributed by atoms with Gasteiger partial charge >= 0.3 is 11.8 Å². The second-order valence-corrected chi connectivity index (χ2v) is 11.0. The lowest BCUT2D eigenvalue weighted by atomic mass is 9.96. The maximum absolute atomic E-state index is 15.3. The Hall–Kier alpha value is -4.15. The largest absolute Gasteiger partial charge is 0.513 e. The normalized spacial score (nSPS) is 14.0. The second kappa shape index (κ2) is 12.0. The summed E-state index contributed by atoms with van der Waals surface area (Å²) < 4.78 is 28.5. The Morgan fingerprint density at radius 3 is 2.29 bits per heavy atom. The minimum atomic E-state index is -0.951. The first-order valence-electron chi connectivity index (χ1n) is 13.7. The zero-order valence-corrected chi connectivity index (χ0v) is 25.0. The first-order chi connectivity index (χ1) is 20.1. The van der Waals surface area contributed by atoms with Gasteiger partial charge in [-0.05, 0) is 56.7 Å². The number of pyridine rings is 1. The van der Waals surface area contributed by atoms with E-state index in [1.54, 1.807) is 43.8 Å². The number of hydrogen-bond donors (Lipinski definition) is 0. The molecule has 4 aromatic rings. The van der Waals surface area contributed by atoms with E-state index in [1.807, 2.05) is 13.0 Å². The third-order valence-electron chi connectivity index (χ3n) is 7.63. The molecule has 0 N–H and O–H groups in total. The van der Waals surface area contributed by atoms with Crippen LogP contribution in [-0.2, 0) is 11.8 Å². The number of aromatic nitrogens is 3. The quantitative estimate of drug-likeness (QED) is 0.210. The summed E-state index contributed by atoms with van der Waals surface area (Å²) in [5.74, 6) is -0.436. The maximum atomic E-state index is 15.3. The molecule has 2 aromatic heterocycles. The maximum Gasteiger partial charge on any atom is 0.513 e. The van der Waals surface area contributed by atoms with Crippen molar-refractivity contribution < 1.29 is 18.7 Å². The van der Waals surface area contributed by atoms with Crippen LogP contribution >= 0.6 is 11.6 Å². The number of ether oxygens (including phenoxy) is 2. The number of imidazole rings is 1. The first kappa shape index (κ1) is 29.3. The number of halogens is 2. The lowest BCUT2D eigenvalue weighted by Crippen LogP contribution is -2.49. The number of nitrogens with zero attached hydrogens (tertiary/aromatic N) is 5. The van der Waals surface area contributed by atoms with Crippen molar-refractivity contribution in [2.45, 2.75) is 26.8 Å². The molecule has 11 heteroatoms. The van der Waals surface area contributed by atoms with Gasteiger partial charge in [0.1, 0.15) is 11.6 Å². The number of rotatable bonds is 6. The monoisotopic (exact) mass is 593 g/mol. The Kier molecular flexibility index (Phi) is 8.38. The molecule has 220 valence electrons. The SMILES string of the molecule is COC(=O)Oc1c(-c2ccc(-n3ccn(C)c3=O)c(Cl)c2)cc(F)cc1-c1cnc(C)c(N2CCN(C(C)C)CC2)c1. The third-order valence-corrected chi connectivity index (χ3v) is 7.93. The highest BCUT2D eigenvalue weighted by atomic mass is 35.5. The highest BCUT2D eigenvalue weighted by Crippen LogP contribution is 2.42. The molecule has 1 saturated heterocycles. The van der Waals surface area contributed by atoms with Crippen molar-refractivity contribution in [2.75, 3.05) is 38.2 Å². The van der Waals surface area contributed by atoms with Gasteiger partial charge in [0.2, 0.25) is 0 Å². The van der Waals surface area contributed by atoms with E-state index < -0.39 is 12.0 Å². The summed E-state index contributed by atoms with van der Waals surface area (Å²) in [4.78, 5) is 34.2. The third kappa shape index (κ3) is 5.77. The summed E-state index contributed by atoms with van der Waals surface area (Å²) in [7, 11) is 2.85. The van der Waals surface area contributed by atoms with Crippen LogP contribution in [0.3, 0.4) is 0 Å². The van der Waals surface area contributed by atoms with Crippen LogP contribution in [0.15, 0.2) is 59.8 Å². The van der Waals surface area contributed by atoms with Gasteiger partial charge in [0.15, 0.2) is 0 Å². The topological polar surface area (TPSA) is 81.8 Å². The highest BCUT2D eigenvalue weighted by molar-refractivity contribution is 6.32. The molecular weight excluding hydrogens is 561 g/mol. The Morgan fingerprint density at radius 2 is 1.69 bits per heavy atom. The highest BCUT2D eigenvalue weighted by Gasteiger charge is 2.24. The van der Waals surface area contributed by atoms with Crippen LogP contribution in [0.4, 0.5) is 14.9 Å². The van der Waals surface area contributed by atoms with Crippen molar-refractivity contribution in [3.8, 4) is 33.7 Å². The Balaban J connectivity index is 1.60. The van der Waals surface area contributed by atoms with Crippen LogP contribution in [0.25, 0.3) is 27.9 Å². The molecular formula is C31H33ClFN5O4. The fraction of sp³-hybridized carbons (Fsp3) is 0.323. The summed E-state index contributed by atoms with van der Waals surface area (Å²) in [6.07, 6.45) is 3.93. The van der Waals surface area contributed by atoms with Gasteiger partial charge in [0.05, 0.1) is 29.2 Å². The Bertz CT molecular complexity index is 1690. The molecule has 0 aliphatic carbocycles. The number of anilines is 1. The van der Waals surface area contributed by atoms with E-state index in [0.717, 1.165) is 37.6 Å². The molecule has 1 aliphatic rings. The number of aryl methyl sites for hydroxylation is 2. The van der Waals surface area contributed by atoms with Crippen LogP contribution in [-0.4, -0.2) is 64.5 Å². The van der Waals surface area contributed by atoms with Crippen molar-refractivity contribution >= 4 is 23.4 Å². The predicted octanol–water partition coefficient (Wildman–Crippen LogP) is 5.68. The van der Waals surface area contributed by atoms with Gasteiger partial charge in [-0.25, -0.2) is 14.0 Å². The lowest BCUT2D eigenvalue weighted by molar-refractivity contribution is 0.122. The van der Waals surface area contributed by atoms with Crippen LogP contribution in [0.5, 0.6) is 5.75 Å². The Labute approximate surface area is 248 Å². The molecule has 0 spiro atoms. The van der Waals surface area contributed by atoms with E-state index in [2.05, 4.69) is 28.6 Å². The summed E-state index contributed by atoms with van der Waals surface area (Å²) in [6, 6.07) is 9.96. The van der Waals surface area contributed by atoms with Crippen molar-refractivity contribution in [2.24, 2.45) is 7.05 Å². The van der Waals surface area contributed by atoms with E-state index in [-0.39, 0.29) is 22.0 Å². The van der Waals surface area contributed by atoms with Crippen LogP contribution < -0.4 is 15.3 Å². The number of carbonyl (C=O) groups excluding carboxylic acids is 1. The lowest BCUT2D eigenvalue weighted by Gasteiger charge is -2.38. The van der Waals surface area contributed by atoms with Crippen molar-refractivity contribution in [1.82, 2.24) is 19.0 Å². The van der Waals surface area contributed by atoms with Gasteiger partial charge in [0.25, 0.3) is 0 Å². The standard InChI is InChI=1S/C31H33ClFN5O4/c1-19(2)36-9-11-37(12-10-36)28-15-22(18-34-20(28)3)25-17-23(33)16-24(29(25)42-31(40)41-5)21-6-7-27(26(32)14-21)38-13-8-35(4)30(38)39/h6-8,13-19H,9-12H2,1-5H3. The zero-order chi connectivity index (χ0) is 30.1. The Morgan fingerprint density at radius 1 is 1.00 bits per heavy atom. The van der Waals surface area contributed by atoms with E-state index in [9.17, 15) is 9.59 Å². The molecule has 0 saturated carbocycles. The molecule has 42 heavy (non-hydrogen) atoms. The molecule has 1 fully saturated rings. The molecule has 2 aromatic carbocycles. The van der Waals surface area contributed by atoms with Gasteiger partial charge in [-0.1, -0.05) is 17.7 Å². The molecule has 9 nitrogen and oxygen atoms in total. The summed E-state index contributed by atoms with van der Waals surface area (Å²) >= 11 is 6.62. The zero-order valence-electron chi connectivity index (χ0n) is 24.2. The molecule has 0 radical (unpaired) electrons. The number of methoxy groups -OCH3 is 1. The van der Waals surface area contributed by atoms with Crippen molar-refractivity contribution in [3.05, 3.63) is 82.0 Å². The van der Waals surface area contributed by atoms with Gasteiger partial charge in [0, 0.05) is 74.5 Å². The number of carbonyl (C=O) groups is 1. The summed E-state index contributed by atoms with van der Waals surface area (Å²) in [5, 5.41) is 0.260. The molecule has 1 aliphatic heterocycles. The summed E-state index contributed by atoms with van der Waals surface area (Å²) in [6.45, 7) is 9.84. The number of piperazine rings is 1. The van der Waals surface area contributed by atoms with E-state index in [4.69, 9.17) is 21.1 Å². The van der Waals surface area contributed by atoms with E-state index in [0.29, 0.717) is 28.4 Å². The van der Waals surface area contributed by atoms with E-state index in [1.165, 1.54) is 28.4 Å². The van der Waals surface area contributed by atoms with Gasteiger partial charge in [-0.3, -0.25) is 14.5 Å². The molecule has 0 unspecified atom stereocenters. The molecule has 0 amide bonds. The molecule has 0 atom stereocenters. The van der Waals surface area contributed by atoms with Gasteiger partial charge in [-0.15, -0.1) is 0 Å². The fourth-order valence-electron chi connectivity index (χ4n) is 5.24. The number of hydrogen-bond acceptors (Lipinski definition) is 7. The second-order valence-electron chi connectivity index (χ2n) is 10.6. The predicted molar refractivity (Wildman–Crippen MR) is 161 cm³/mol. The molecule has 3 heterocycles. The minimum Gasteiger partial charge on any atom is -0.437 e. The van der Waals surface area contributed by atoms with Crippen molar-refractivity contribution in [3.63, 3.8) is 0 Å². The smallest absolute Gasteiger partial charge is 0.437 e. The fourth-order valence-corrected chi connectivity index (χ4v) is 5.51.